The summed E-state index contributed by atoms with van der Waals surface area (Å²) < 4.78 is 0. The third kappa shape index (κ3) is 2.59. The van der Waals surface area contributed by atoms with Crippen molar-refractivity contribution < 1.29 is 0 Å². The normalized spacial score (nSPS) is 22.5. The molecule has 1 aliphatic heterocycles. The molecule has 1 N–H and O–H groups in total. The lowest BCUT2D eigenvalue weighted by Crippen LogP contribution is -2.34. The summed E-state index contributed by atoms with van der Waals surface area (Å²) in [5.41, 5.74) is 5.02. The summed E-state index contributed by atoms with van der Waals surface area (Å²) in [7, 11) is 0. The van der Waals surface area contributed by atoms with Gasteiger partial charge >= 0.3 is 0 Å². The number of benzene rings is 3. The first kappa shape index (κ1) is 15.3. The van der Waals surface area contributed by atoms with E-state index in [4.69, 9.17) is 11.6 Å². The molecule has 0 aliphatic carbocycles. The molecule has 24 heavy (non-hydrogen) atoms. The third-order valence-electron chi connectivity index (χ3n) is 5.13. The average molecular weight is 334 g/mol. The molecule has 0 unspecified atom stereocenters. The smallest absolute Gasteiger partial charge is 0.0525 e. The molecule has 0 fully saturated rings. The molecule has 1 aliphatic rings. The summed E-state index contributed by atoms with van der Waals surface area (Å²) in [6.45, 7) is 2.33. The molecule has 1 nitrogen and oxygen atoms in total. The van der Waals surface area contributed by atoms with E-state index in [0.717, 1.165) is 11.4 Å². The molecule has 1 heterocycles. The molecule has 2 heteroatoms. The van der Waals surface area contributed by atoms with Crippen molar-refractivity contribution in [2.75, 3.05) is 5.32 Å². The van der Waals surface area contributed by atoms with Crippen LogP contribution in [0.15, 0.2) is 78.9 Å². The van der Waals surface area contributed by atoms with Gasteiger partial charge in [-0.25, -0.2) is 0 Å². The van der Waals surface area contributed by atoms with E-state index >= 15 is 0 Å². The molecule has 0 spiro atoms. The van der Waals surface area contributed by atoms with Crippen LogP contribution in [0.4, 0.5) is 5.69 Å². The summed E-state index contributed by atoms with van der Waals surface area (Å²) >= 11 is 6.32. The van der Waals surface area contributed by atoms with Crippen LogP contribution in [0.5, 0.6) is 0 Å². The molecule has 0 aromatic heterocycles. The molecule has 0 amide bonds. The van der Waals surface area contributed by atoms with E-state index < -0.39 is 0 Å². The largest absolute Gasteiger partial charge is 0.378 e. The minimum Gasteiger partial charge on any atom is -0.378 e. The minimum absolute atomic E-state index is 0.0761. The average Bonchev–Trinajstić information content (AvgIpc) is 2.64. The number of fused-ring (bicyclic) bond motifs is 1. The molecule has 4 rings (SSSR count). The SMILES string of the molecule is C[C@@]1(c2ccccc2)C[C@@H](c2ccccc2)Nc2ccc(Cl)cc21. The lowest BCUT2D eigenvalue weighted by molar-refractivity contribution is 0.460. The van der Waals surface area contributed by atoms with Crippen LogP contribution in [0.1, 0.15) is 36.1 Å². The van der Waals surface area contributed by atoms with E-state index in [0.29, 0.717) is 0 Å². The Morgan fingerprint density at radius 1 is 0.917 bits per heavy atom. The second-order valence-electron chi connectivity index (χ2n) is 6.70. The first-order valence-corrected chi connectivity index (χ1v) is 8.72. The van der Waals surface area contributed by atoms with Crippen LogP contribution < -0.4 is 5.32 Å². The Balaban J connectivity index is 1.87. The topological polar surface area (TPSA) is 12.0 Å². The van der Waals surface area contributed by atoms with Crippen LogP contribution in [0.2, 0.25) is 5.02 Å². The van der Waals surface area contributed by atoms with Crippen LogP contribution in [0.3, 0.4) is 0 Å². The first-order valence-electron chi connectivity index (χ1n) is 8.34. The lowest BCUT2D eigenvalue weighted by Gasteiger charge is -2.42. The van der Waals surface area contributed by atoms with Gasteiger partial charge in [-0.05, 0) is 41.3 Å². The van der Waals surface area contributed by atoms with Crippen molar-refractivity contribution in [3.05, 3.63) is 101 Å². The molecule has 3 aromatic carbocycles. The van der Waals surface area contributed by atoms with E-state index in [1.807, 2.05) is 6.07 Å². The predicted octanol–water partition coefficient (Wildman–Crippen LogP) is 6.20. The lowest BCUT2D eigenvalue weighted by atomic mass is 9.68. The van der Waals surface area contributed by atoms with Gasteiger partial charge in [-0.3, -0.25) is 0 Å². The second-order valence-corrected chi connectivity index (χ2v) is 7.14. The van der Waals surface area contributed by atoms with Crippen LogP contribution in [0, 0.1) is 0 Å². The van der Waals surface area contributed by atoms with Crippen molar-refractivity contribution >= 4 is 17.3 Å². The molecular weight excluding hydrogens is 314 g/mol. The monoisotopic (exact) mass is 333 g/mol. The van der Waals surface area contributed by atoms with Crippen LogP contribution in [-0.4, -0.2) is 0 Å². The molecule has 0 saturated carbocycles. The van der Waals surface area contributed by atoms with Gasteiger partial charge < -0.3 is 5.32 Å². The highest BCUT2D eigenvalue weighted by atomic mass is 35.5. The zero-order valence-corrected chi connectivity index (χ0v) is 14.4. The van der Waals surface area contributed by atoms with Crippen molar-refractivity contribution in [1.29, 1.82) is 0 Å². The van der Waals surface area contributed by atoms with Gasteiger partial charge in [-0.15, -0.1) is 0 Å². The predicted molar refractivity (Wildman–Crippen MR) is 102 cm³/mol. The van der Waals surface area contributed by atoms with Gasteiger partial charge in [0.2, 0.25) is 0 Å². The van der Waals surface area contributed by atoms with Crippen molar-refractivity contribution in [3.63, 3.8) is 0 Å². The number of anilines is 1. The Hall–Kier alpha value is -2.25. The fourth-order valence-corrected chi connectivity index (χ4v) is 3.99. The quantitative estimate of drug-likeness (QED) is 0.588. The fraction of sp³-hybridized carbons (Fsp3) is 0.182. The number of hydrogen-bond donors (Lipinski definition) is 1. The van der Waals surface area contributed by atoms with Crippen molar-refractivity contribution in [1.82, 2.24) is 0 Å². The van der Waals surface area contributed by atoms with Crippen LogP contribution >= 0.6 is 11.6 Å². The van der Waals surface area contributed by atoms with Gasteiger partial charge in [0, 0.05) is 16.1 Å². The van der Waals surface area contributed by atoms with E-state index in [1.165, 1.54) is 22.4 Å². The number of hydrogen-bond acceptors (Lipinski definition) is 1. The van der Waals surface area contributed by atoms with Gasteiger partial charge in [-0.1, -0.05) is 79.2 Å². The highest BCUT2D eigenvalue weighted by molar-refractivity contribution is 6.30. The van der Waals surface area contributed by atoms with E-state index in [2.05, 4.69) is 85.0 Å². The summed E-state index contributed by atoms with van der Waals surface area (Å²) in [6, 6.07) is 27.9. The highest BCUT2D eigenvalue weighted by Gasteiger charge is 2.38. The Morgan fingerprint density at radius 2 is 1.58 bits per heavy atom. The number of nitrogens with one attached hydrogen (secondary N) is 1. The summed E-state index contributed by atoms with van der Waals surface area (Å²) in [4.78, 5) is 0. The zero-order valence-electron chi connectivity index (χ0n) is 13.7. The first-order chi connectivity index (χ1) is 11.7. The van der Waals surface area contributed by atoms with Crippen molar-refractivity contribution in [3.8, 4) is 0 Å². The highest BCUT2D eigenvalue weighted by Crippen LogP contribution is 2.48. The number of halogens is 1. The van der Waals surface area contributed by atoms with E-state index in [9.17, 15) is 0 Å². The molecule has 0 saturated heterocycles. The van der Waals surface area contributed by atoms with Gasteiger partial charge in [0.15, 0.2) is 0 Å². The molecule has 0 radical (unpaired) electrons. The zero-order chi connectivity index (χ0) is 16.6. The van der Waals surface area contributed by atoms with Crippen molar-refractivity contribution in [2.45, 2.75) is 24.8 Å². The van der Waals surface area contributed by atoms with Gasteiger partial charge in [0.25, 0.3) is 0 Å². The maximum absolute atomic E-state index is 6.32. The summed E-state index contributed by atoms with van der Waals surface area (Å²) in [5, 5.41) is 4.49. The molecule has 120 valence electrons. The maximum atomic E-state index is 6.32. The Bertz CT molecular complexity index is 844. The van der Waals surface area contributed by atoms with Crippen molar-refractivity contribution in [2.24, 2.45) is 0 Å². The molecular formula is C22H20ClN. The van der Waals surface area contributed by atoms with E-state index in [-0.39, 0.29) is 11.5 Å². The summed E-state index contributed by atoms with van der Waals surface area (Å²) in [6.07, 6.45) is 0.994. The molecule has 0 bridgehead atoms. The fourth-order valence-electron chi connectivity index (χ4n) is 3.82. The Kier molecular flexibility index (Phi) is 3.82. The Labute approximate surface area is 148 Å². The molecule has 3 aromatic rings. The van der Waals surface area contributed by atoms with E-state index in [1.54, 1.807) is 0 Å². The molecule has 2 atom stereocenters. The minimum atomic E-state index is -0.0761. The number of rotatable bonds is 2. The van der Waals surface area contributed by atoms with Gasteiger partial charge in [0.1, 0.15) is 0 Å². The standard InChI is InChI=1S/C22H20ClN/c1-22(17-10-6-3-7-11-17)15-21(16-8-4-2-5-9-16)24-20-13-12-18(23)14-19(20)22/h2-14,21,24H,15H2,1H3/t21-,22-/m0/s1. The van der Waals surface area contributed by atoms with Crippen LogP contribution in [0.25, 0.3) is 0 Å². The van der Waals surface area contributed by atoms with Gasteiger partial charge in [-0.2, -0.15) is 0 Å². The maximum Gasteiger partial charge on any atom is 0.0525 e. The summed E-state index contributed by atoms with van der Waals surface area (Å²) in [5.74, 6) is 0. The van der Waals surface area contributed by atoms with Crippen LogP contribution in [-0.2, 0) is 5.41 Å². The Morgan fingerprint density at radius 3 is 2.29 bits per heavy atom. The second kappa shape index (κ2) is 5.99. The van der Waals surface area contributed by atoms with Gasteiger partial charge in [0.05, 0.1) is 6.04 Å². The third-order valence-corrected chi connectivity index (χ3v) is 5.37.